The zero-order valence-corrected chi connectivity index (χ0v) is 15.0. The third-order valence-corrected chi connectivity index (χ3v) is 4.95. The van der Waals surface area contributed by atoms with Crippen molar-refractivity contribution in [3.63, 3.8) is 0 Å². The second kappa shape index (κ2) is 7.45. The highest BCUT2D eigenvalue weighted by atomic mass is 32.2. The first-order valence-electron chi connectivity index (χ1n) is 8.17. The summed E-state index contributed by atoms with van der Waals surface area (Å²) in [5.74, 6) is 0.707. The Morgan fingerprint density at radius 1 is 1.44 bits per heavy atom. The number of imidazole rings is 1. The molecule has 3 N–H and O–H groups in total. The lowest BCUT2D eigenvalue weighted by Crippen LogP contribution is -2.62. The van der Waals surface area contributed by atoms with Crippen LogP contribution in [0, 0.1) is 0 Å². The van der Waals surface area contributed by atoms with Crippen LogP contribution in [0.25, 0.3) is 11.0 Å². The lowest BCUT2D eigenvalue weighted by Gasteiger charge is -2.34. The van der Waals surface area contributed by atoms with Gasteiger partial charge in [0.15, 0.2) is 0 Å². The van der Waals surface area contributed by atoms with Crippen LogP contribution in [0.4, 0.5) is 0 Å². The quantitative estimate of drug-likeness (QED) is 0.800. The predicted molar refractivity (Wildman–Crippen MR) is 97.1 cm³/mol. The number of primary amides is 1. The average molecular weight is 362 g/mol. The maximum absolute atomic E-state index is 12.7. The largest absolute Gasteiger partial charge is 0.378 e. The van der Waals surface area contributed by atoms with Gasteiger partial charge in [-0.2, -0.15) is 11.8 Å². The summed E-state index contributed by atoms with van der Waals surface area (Å²) in [4.78, 5) is 29.2. The van der Waals surface area contributed by atoms with Gasteiger partial charge < -0.3 is 20.4 Å². The molecule has 0 saturated carbocycles. The molecule has 1 aromatic carbocycles. The van der Waals surface area contributed by atoms with Crippen LogP contribution in [-0.4, -0.2) is 46.4 Å². The molecule has 1 aliphatic heterocycles. The highest BCUT2D eigenvalue weighted by molar-refractivity contribution is 7.97. The molecule has 0 unspecified atom stereocenters. The van der Waals surface area contributed by atoms with Crippen LogP contribution in [0.3, 0.4) is 0 Å². The highest BCUT2D eigenvalue weighted by Crippen LogP contribution is 2.21. The minimum absolute atomic E-state index is 0.0887. The summed E-state index contributed by atoms with van der Waals surface area (Å²) in [7, 11) is 0. The van der Waals surface area contributed by atoms with Crippen molar-refractivity contribution in [3.05, 3.63) is 30.1 Å². The van der Waals surface area contributed by atoms with Crippen LogP contribution in [0.5, 0.6) is 0 Å². The number of nitrogens with two attached hydrogens (primary N) is 1. The number of carbonyl (C=O) groups excluding carboxylic acids is 2. The summed E-state index contributed by atoms with van der Waals surface area (Å²) < 4.78 is 7.27. The minimum Gasteiger partial charge on any atom is -0.378 e. The van der Waals surface area contributed by atoms with Gasteiger partial charge in [0.05, 0.1) is 23.4 Å². The Morgan fingerprint density at radius 2 is 2.24 bits per heavy atom. The molecule has 0 radical (unpaired) electrons. The van der Waals surface area contributed by atoms with Gasteiger partial charge in [-0.05, 0) is 31.2 Å². The van der Waals surface area contributed by atoms with Crippen molar-refractivity contribution >= 4 is 34.6 Å². The Bertz CT molecular complexity index is 783. The van der Waals surface area contributed by atoms with Gasteiger partial charge in [-0.1, -0.05) is 12.1 Å². The molecule has 25 heavy (non-hydrogen) atoms. The Kier molecular flexibility index (Phi) is 5.29. The first-order chi connectivity index (χ1) is 12.1. The summed E-state index contributed by atoms with van der Waals surface area (Å²) in [5.41, 5.74) is 6.17. The summed E-state index contributed by atoms with van der Waals surface area (Å²) in [5, 5.41) is 2.81. The number of rotatable bonds is 6. The Hall–Kier alpha value is -2.06. The molecule has 2 amide bonds. The van der Waals surface area contributed by atoms with Crippen molar-refractivity contribution in [3.8, 4) is 0 Å². The second-order valence-corrected chi connectivity index (χ2v) is 7.05. The number of amides is 2. The fourth-order valence-corrected chi connectivity index (χ4v) is 3.62. The third kappa shape index (κ3) is 3.64. The number of nitrogens with one attached hydrogen (secondary N) is 1. The van der Waals surface area contributed by atoms with Crippen LogP contribution in [0.2, 0.25) is 0 Å². The fraction of sp³-hybridized carbons (Fsp3) is 0.471. The van der Waals surface area contributed by atoms with Gasteiger partial charge in [-0.15, -0.1) is 0 Å². The minimum atomic E-state index is -1.12. The molecule has 0 spiro atoms. The summed E-state index contributed by atoms with van der Waals surface area (Å²) in [6.07, 6.45) is 3.18. The van der Waals surface area contributed by atoms with Crippen LogP contribution in [0.15, 0.2) is 24.3 Å². The number of fused-ring (bicyclic) bond motifs is 1. The number of carbonyl (C=O) groups is 2. The molecule has 1 fully saturated rings. The molecule has 1 aromatic heterocycles. The van der Waals surface area contributed by atoms with E-state index in [2.05, 4.69) is 10.3 Å². The molecule has 134 valence electrons. The molecule has 2 aromatic rings. The van der Waals surface area contributed by atoms with Crippen molar-refractivity contribution in [2.75, 3.05) is 19.5 Å². The Morgan fingerprint density at radius 3 is 2.92 bits per heavy atom. The van der Waals surface area contributed by atoms with E-state index in [0.717, 1.165) is 16.9 Å². The van der Waals surface area contributed by atoms with Gasteiger partial charge in [0.2, 0.25) is 11.8 Å². The Balaban J connectivity index is 1.84. The van der Waals surface area contributed by atoms with E-state index < -0.39 is 11.4 Å². The van der Waals surface area contributed by atoms with Gasteiger partial charge in [-0.25, -0.2) is 4.98 Å². The topological polar surface area (TPSA) is 99.2 Å². The summed E-state index contributed by atoms with van der Waals surface area (Å²) in [6, 6.07) is 7.70. The SMILES string of the molecule is CSCc1nc2ccccc2n1CC(=O)N[C@]1(C(N)=O)CCCOC1. The third-order valence-electron chi connectivity index (χ3n) is 4.40. The molecular weight excluding hydrogens is 340 g/mol. The predicted octanol–water partition coefficient (Wildman–Crippen LogP) is 1.05. The molecule has 0 bridgehead atoms. The number of aromatic nitrogens is 2. The first-order valence-corrected chi connectivity index (χ1v) is 9.57. The van der Waals surface area contributed by atoms with Crippen molar-refractivity contribution in [2.45, 2.75) is 30.7 Å². The molecule has 2 heterocycles. The van der Waals surface area contributed by atoms with E-state index in [4.69, 9.17) is 10.5 Å². The lowest BCUT2D eigenvalue weighted by molar-refractivity contribution is -0.137. The van der Waals surface area contributed by atoms with E-state index in [0.29, 0.717) is 25.2 Å². The molecule has 0 aliphatic carbocycles. The molecule has 1 saturated heterocycles. The molecular formula is C17H22N4O3S. The standard InChI is InChI=1S/C17H22N4O3S/c1-25-10-14-19-12-5-2-3-6-13(12)21(14)9-15(22)20-17(16(18)23)7-4-8-24-11-17/h2-3,5-6H,4,7-11H2,1H3,(H2,18,23)(H,20,22)/t17-/m1/s1. The van der Waals surface area contributed by atoms with E-state index in [1.165, 1.54) is 0 Å². The van der Waals surface area contributed by atoms with Crippen molar-refractivity contribution < 1.29 is 14.3 Å². The maximum atomic E-state index is 12.7. The number of benzene rings is 1. The molecule has 7 nitrogen and oxygen atoms in total. The fourth-order valence-electron chi connectivity index (χ4n) is 3.14. The van der Waals surface area contributed by atoms with Crippen LogP contribution in [0.1, 0.15) is 18.7 Å². The smallest absolute Gasteiger partial charge is 0.245 e. The maximum Gasteiger partial charge on any atom is 0.245 e. The van der Waals surface area contributed by atoms with Crippen molar-refractivity contribution in [2.24, 2.45) is 5.73 Å². The van der Waals surface area contributed by atoms with Gasteiger partial charge in [0.25, 0.3) is 0 Å². The number of hydrogen-bond donors (Lipinski definition) is 2. The monoisotopic (exact) mass is 362 g/mol. The van der Waals surface area contributed by atoms with Crippen molar-refractivity contribution in [1.29, 1.82) is 0 Å². The number of para-hydroxylation sites is 2. The van der Waals surface area contributed by atoms with E-state index in [9.17, 15) is 9.59 Å². The second-order valence-electron chi connectivity index (χ2n) is 6.19. The highest BCUT2D eigenvalue weighted by Gasteiger charge is 2.40. The zero-order chi connectivity index (χ0) is 17.9. The van der Waals surface area contributed by atoms with Gasteiger partial charge >= 0.3 is 0 Å². The van der Waals surface area contributed by atoms with Crippen LogP contribution >= 0.6 is 11.8 Å². The first kappa shape index (κ1) is 17.8. The normalized spacial score (nSPS) is 20.5. The zero-order valence-electron chi connectivity index (χ0n) is 14.2. The lowest BCUT2D eigenvalue weighted by atomic mass is 9.91. The molecule has 1 aliphatic rings. The summed E-state index contributed by atoms with van der Waals surface area (Å²) in [6.45, 7) is 0.788. The average Bonchev–Trinajstić information content (AvgIpc) is 2.93. The molecule has 3 rings (SSSR count). The van der Waals surface area contributed by atoms with E-state index in [-0.39, 0.29) is 19.1 Å². The summed E-state index contributed by atoms with van der Waals surface area (Å²) >= 11 is 1.64. The van der Waals surface area contributed by atoms with E-state index >= 15 is 0 Å². The van der Waals surface area contributed by atoms with E-state index in [1.807, 2.05) is 35.1 Å². The molecule has 8 heteroatoms. The van der Waals surface area contributed by atoms with E-state index in [1.54, 1.807) is 11.8 Å². The number of hydrogen-bond acceptors (Lipinski definition) is 5. The number of ether oxygens (including phenoxy) is 1. The van der Waals surface area contributed by atoms with Crippen LogP contribution in [-0.2, 0) is 26.6 Å². The van der Waals surface area contributed by atoms with Gasteiger partial charge in [0, 0.05) is 6.61 Å². The number of thioether (sulfide) groups is 1. The van der Waals surface area contributed by atoms with Gasteiger partial charge in [-0.3, -0.25) is 9.59 Å². The number of nitrogens with zero attached hydrogens (tertiary/aromatic N) is 2. The molecule has 1 atom stereocenters. The Labute approximate surface area is 150 Å². The van der Waals surface area contributed by atoms with Crippen LogP contribution < -0.4 is 11.1 Å². The van der Waals surface area contributed by atoms with Crippen molar-refractivity contribution in [1.82, 2.24) is 14.9 Å². The van der Waals surface area contributed by atoms with Gasteiger partial charge in [0.1, 0.15) is 17.9 Å².